The lowest BCUT2D eigenvalue weighted by molar-refractivity contribution is 0.371. The van der Waals surface area contributed by atoms with E-state index in [1.54, 1.807) is 0 Å². The second-order valence-electron chi connectivity index (χ2n) is 5.45. The van der Waals surface area contributed by atoms with E-state index in [2.05, 4.69) is 49.7 Å². The van der Waals surface area contributed by atoms with Crippen molar-refractivity contribution in [1.82, 2.24) is 5.32 Å². The Morgan fingerprint density at radius 3 is 2.29 bits per heavy atom. The monoisotopic (exact) mass is 361 g/mol. The molecule has 0 aliphatic rings. The van der Waals surface area contributed by atoms with Gasteiger partial charge in [0, 0.05) is 12.2 Å². The van der Waals surface area contributed by atoms with Crippen LogP contribution in [0.2, 0.25) is 10.0 Å². The maximum Gasteiger partial charge on any atom is 0.121 e. The van der Waals surface area contributed by atoms with Crippen molar-refractivity contribution in [3.05, 3.63) is 81.9 Å². The number of methoxy groups -OCH3 is 1. The average Bonchev–Trinajstić information content (AvgIpc) is 2.58. The van der Waals surface area contributed by atoms with Crippen molar-refractivity contribution in [3.8, 4) is 0 Å². The molecule has 0 aromatic heterocycles. The largest absolute Gasteiger partial charge is 0.497 e. The summed E-state index contributed by atoms with van der Waals surface area (Å²) in [5.74, 6) is 0.437. The number of hydrogen-bond donors (Lipinski definition) is 1. The van der Waals surface area contributed by atoms with Gasteiger partial charge in [-0.3, -0.25) is 0 Å². The summed E-state index contributed by atoms with van der Waals surface area (Å²) in [6.07, 6.45) is 1.02. The quantitative estimate of drug-likeness (QED) is 0.616. The standard InChI is InChI=1S/C20H21Cl2NO/c1-5-15-7-6-8-16(9-15)12-23-13(2)17-10-18(21)20(14(3)24-4)19(22)11-17/h6-11,23H,2-3,5,12H2,1,4H3. The van der Waals surface area contributed by atoms with Gasteiger partial charge in [-0.1, -0.05) is 67.5 Å². The lowest BCUT2D eigenvalue weighted by Gasteiger charge is -2.14. The van der Waals surface area contributed by atoms with Crippen LogP contribution in [-0.2, 0) is 17.7 Å². The van der Waals surface area contributed by atoms with E-state index in [9.17, 15) is 0 Å². The Kier molecular flexibility index (Phi) is 6.36. The van der Waals surface area contributed by atoms with Gasteiger partial charge in [0.2, 0.25) is 0 Å². The minimum Gasteiger partial charge on any atom is -0.497 e. The van der Waals surface area contributed by atoms with Crippen molar-refractivity contribution in [2.45, 2.75) is 19.9 Å². The Morgan fingerprint density at radius 2 is 1.71 bits per heavy atom. The molecule has 0 radical (unpaired) electrons. The van der Waals surface area contributed by atoms with Crippen LogP contribution in [0.3, 0.4) is 0 Å². The Balaban J connectivity index is 2.14. The molecule has 0 saturated heterocycles. The van der Waals surface area contributed by atoms with Crippen LogP contribution in [0.25, 0.3) is 11.5 Å². The number of ether oxygens (including phenoxy) is 1. The summed E-state index contributed by atoms with van der Waals surface area (Å²) in [6, 6.07) is 12.1. The van der Waals surface area contributed by atoms with Gasteiger partial charge >= 0.3 is 0 Å². The van der Waals surface area contributed by atoms with Crippen LogP contribution in [0.1, 0.15) is 29.2 Å². The van der Waals surface area contributed by atoms with E-state index in [0.29, 0.717) is 27.9 Å². The smallest absolute Gasteiger partial charge is 0.121 e. The van der Waals surface area contributed by atoms with E-state index in [1.807, 2.05) is 12.1 Å². The number of aryl methyl sites for hydroxylation is 1. The van der Waals surface area contributed by atoms with E-state index < -0.39 is 0 Å². The van der Waals surface area contributed by atoms with Crippen LogP contribution in [0.5, 0.6) is 0 Å². The molecule has 2 rings (SSSR count). The van der Waals surface area contributed by atoms with Crippen LogP contribution in [0, 0.1) is 0 Å². The summed E-state index contributed by atoms with van der Waals surface area (Å²) in [6.45, 7) is 10.7. The molecule has 0 unspecified atom stereocenters. The third-order valence-corrected chi connectivity index (χ3v) is 4.42. The van der Waals surface area contributed by atoms with Gasteiger partial charge in [-0.2, -0.15) is 0 Å². The zero-order valence-corrected chi connectivity index (χ0v) is 15.5. The van der Waals surface area contributed by atoms with Gasteiger partial charge in [-0.05, 0) is 35.2 Å². The molecule has 0 fully saturated rings. The molecule has 0 bridgehead atoms. The van der Waals surface area contributed by atoms with E-state index >= 15 is 0 Å². The first-order valence-electron chi connectivity index (χ1n) is 7.69. The van der Waals surface area contributed by atoms with E-state index in [1.165, 1.54) is 18.2 Å². The van der Waals surface area contributed by atoms with E-state index in [-0.39, 0.29) is 0 Å². The van der Waals surface area contributed by atoms with Crippen LogP contribution in [0.4, 0.5) is 0 Å². The molecule has 2 aromatic rings. The minimum atomic E-state index is 0.437. The highest BCUT2D eigenvalue weighted by Gasteiger charge is 2.13. The summed E-state index contributed by atoms with van der Waals surface area (Å²) >= 11 is 12.6. The first-order chi connectivity index (χ1) is 11.5. The number of rotatable bonds is 7. The third kappa shape index (κ3) is 4.34. The summed E-state index contributed by atoms with van der Waals surface area (Å²) < 4.78 is 5.12. The van der Waals surface area contributed by atoms with Crippen molar-refractivity contribution in [2.75, 3.05) is 7.11 Å². The maximum absolute atomic E-state index is 6.31. The number of nitrogens with one attached hydrogen (secondary N) is 1. The van der Waals surface area contributed by atoms with E-state index in [4.69, 9.17) is 27.9 Å². The lowest BCUT2D eigenvalue weighted by Crippen LogP contribution is -2.11. The number of hydrogen-bond acceptors (Lipinski definition) is 2. The van der Waals surface area contributed by atoms with Gasteiger partial charge in [0.25, 0.3) is 0 Å². The van der Waals surface area contributed by atoms with Crippen molar-refractivity contribution in [1.29, 1.82) is 0 Å². The zero-order valence-electron chi connectivity index (χ0n) is 14.0. The van der Waals surface area contributed by atoms with Gasteiger partial charge < -0.3 is 10.1 Å². The lowest BCUT2D eigenvalue weighted by atomic mass is 10.1. The Bertz CT molecular complexity index is 745. The molecule has 0 saturated carbocycles. The molecule has 2 aromatic carbocycles. The first kappa shape index (κ1) is 18.4. The molecule has 24 heavy (non-hydrogen) atoms. The van der Waals surface area contributed by atoms with Gasteiger partial charge in [-0.15, -0.1) is 0 Å². The van der Waals surface area contributed by atoms with Crippen LogP contribution in [-0.4, -0.2) is 7.11 Å². The molecule has 1 N–H and O–H groups in total. The first-order valence-corrected chi connectivity index (χ1v) is 8.45. The van der Waals surface area contributed by atoms with Gasteiger partial charge in [0.15, 0.2) is 0 Å². The summed E-state index contributed by atoms with van der Waals surface area (Å²) in [5, 5.41) is 4.29. The molecule has 2 nitrogen and oxygen atoms in total. The third-order valence-electron chi connectivity index (χ3n) is 3.82. The van der Waals surface area contributed by atoms with Crippen LogP contribution in [0.15, 0.2) is 49.6 Å². The molecule has 0 aliphatic heterocycles. The Morgan fingerprint density at radius 1 is 1.08 bits per heavy atom. The SMILES string of the molecule is C=C(NCc1cccc(CC)c1)c1cc(Cl)c(C(=C)OC)c(Cl)c1. The molecular weight excluding hydrogens is 341 g/mol. The highest BCUT2D eigenvalue weighted by molar-refractivity contribution is 6.37. The highest BCUT2D eigenvalue weighted by Crippen LogP contribution is 2.33. The second kappa shape index (κ2) is 8.27. The summed E-state index contributed by atoms with van der Waals surface area (Å²) in [5.41, 5.74) is 4.72. The fourth-order valence-corrected chi connectivity index (χ4v) is 3.08. The van der Waals surface area contributed by atoms with Crippen molar-refractivity contribution in [3.63, 3.8) is 0 Å². The molecule has 0 spiro atoms. The highest BCUT2D eigenvalue weighted by atomic mass is 35.5. The van der Waals surface area contributed by atoms with Gasteiger partial charge in [0.1, 0.15) is 5.76 Å². The Hall–Kier alpha value is -1.90. The molecular formula is C20H21Cl2NO. The molecule has 0 atom stereocenters. The molecule has 0 heterocycles. The predicted octanol–water partition coefficient (Wildman–Crippen LogP) is 5.93. The maximum atomic E-state index is 6.31. The fourth-order valence-electron chi connectivity index (χ4n) is 2.39. The normalized spacial score (nSPS) is 10.3. The minimum absolute atomic E-state index is 0.437. The molecule has 4 heteroatoms. The van der Waals surface area contributed by atoms with Crippen molar-refractivity contribution >= 4 is 34.7 Å². The summed E-state index contributed by atoms with van der Waals surface area (Å²) in [7, 11) is 1.54. The molecule has 0 aliphatic carbocycles. The van der Waals surface area contributed by atoms with Gasteiger partial charge in [0.05, 0.1) is 22.7 Å². The van der Waals surface area contributed by atoms with E-state index in [0.717, 1.165) is 17.7 Å². The average molecular weight is 362 g/mol. The topological polar surface area (TPSA) is 21.3 Å². The van der Waals surface area contributed by atoms with Crippen LogP contribution >= 0.6 is 23.2 Å². The number of benzene rings is 2. The Labute approximate surface area is 153 Å². The molecule has 126 valence electrons. The van der Waals surface area contributed by atoms with Crippen LogP contribution < -0.4 is 5.32 Å². The predicted molar refractivity (Wildman–Crippen MR) is 104 cm³/mol. The zero-order chi connectivity index (χ0) is 17.7. The summed E-state index contributed by atoms with van der Waals surface area (Å²) in [4.78, 5) is 0. The van der Waals surface area contributed by atoms with Crippen molar-refractivity contribution < 1.29 is 4.74 Å². The second-order valence-corrected chi connectivity index (χ2v) is 6.26. The van der Waals surface area contributed by atoms with Crippen molar-refractivity contribution in [2.24, 2.45) is 0 Å². The van der Waals surface area contributed by atoms with Gasteiger partial charge in [-0.25, -0.2) is 0 Å². The molecule has 0 amide bonds. The number of halogens is 2. The fraction of sp³-hybridized carbons (Fsp3) is 0.200.